The number of carbonyl (C=O) groups excluding carboxylic acids is 1. The number of likely N-dealkylation sites (tertiary alicyclic amines) is 1. The Morgan fingerprint density at radius 3 is 2.90 bits per heavy atom. The summed E-state index contributed by atoms with van der Waals surface area (Å²) in [6, 6.07) is 5.38. The van der Waals surface area contributed by atoms with Crippen LogP contribution >= 0.6 is 24.0 Å². The number of benzene rings is 1. The first-order valence-corrected chi connectivity index (χ1v) is 6.54. The van der Waals surface area contributed by atoms with Crippen LogP contribution in [0.25, 0.3) is 6.08 Å². The van der Waals surface area contributed by atoms with Crippen molar-refractivity contribution >= 4 is 36.0 Å². The zero-order valence-electron chi connectivity index (χ0n) is 11.2. The highest BCUT2D eigenvalue weighted by atomic mass is 35.5. The molecule has 1 aliphatic heterocycles. The van der Waals surface area contributed by atoms with Crippen LogP contribution in [0.1, 0.15) is 12.0 Å². The van der Waals surface area contributed by atoms with Crippen LogP contribution in [-0.2, 0) is 4.79 Å². The summed E-state index contributed by atoms with van der Waals surface area (Å²) < 4.78 is 5.22. The maximum absolute atomic E-state index is 12.0. The monoisotopic (exact) mass is 316 g/mol. The van der Waals surface area contributed by atoms with Crippen LogP contribution in [0.5, 0.6) is 5.75 Å². The van der Waals surface area contributed by atoms with Crippen molar-refractivity contribution in [3.05, 3.63) is 34.9 Å². The van der Waals surface area contributed by atoms with Crippen molar-refractivity contribution in [2.24, 2.45) is 5.73 Å². The first kappa shape index (κ1) is 16.8. The van der Waals surface area contributed by atoms with Crippen LogP contribution in [0.2, 0.25) is 5.02 Å². The Kier molecular flexibility index (Phi) is 6.33. The predicted molar refractivity (Wildman–Crippen MR) is 83.5 cm³/mol. The number of nitrogens with two attached hydrogens (primary N) is 1. The number of methoxy groups -OCH3 is 1. The van der Waals surface area contributed by atoms with E-state index < -0.39 is 0 Å². The zero-order chi connectivity index (χ0) is 13.8. The third-order valence-corrected chi connectivity index (χ3v) is 3.37. The van der Waals surface area contributed by atoms with Crippen molar-refractivity contribution in [1.29, 1.82) is 0 Å². The van der Waals surface area contributed by atoms with Crippen LogP contribution in [0.3, 0.4) is 0 Å². The number of nitrogens with zero attached hydrogens (tertiary/aromatic N) is 1. The van der Waals surface area contributed by atoms with E-state index in [9.17, 15) is 4.79 Å². The number of halogens is 2. The van der Waals surface area contributed by atoms with Gasteiger partial charge in [-0.3, -0.25) is 4.79 Å². The highest BCUT2D eigenvalue weighted by molar-refractivity contribution is 6.30. The van der Waals surface area contributed by atoms with Crippen LogP contribution in [0.15, 0.2) is 24.3 Å². The van der Waals surface area contributed by atoms with E-state index in [4.69, 9.17) is 22.1 Å². The summed E-state index contributed by atoms with van der Waals surface area (Å²) in [5.41, 5.74) is 6.56. The minimum Gasteiger partial charge on any atom is -0.496 e. The molecule has 1 aromatic rings. The Labute approximate surface area is 129 Å². The van der Waals surface area contributed by atoms with Gasteiger partial charge in [-0.05, 0) is 30.7 Å². The van der Waals surface area contributed by atoms with Gasteiger partial charge in [0.25, 0.3) is 0 Å². The molecule has 2 N–H and O–H groups in total. The number of rotatable bonds is 3. The van der Waals surface area contributed by atoms with Gasteiger partial charge in [0, 0.05) is 35.8 Å². The molecule has 6 heteroatoms. The molecule has 110 valence electrons. The summed E-state index contributed by atoms with van der Waals surface area (Å²) >= 11 is 5.93. The number of amides is 1. The average molecular weight is 317 g/mol. The molecule has 0 bridgehead atoms. The molecule has 1 aliphatic rings. The molecule has 4 nitrogen and oxygen atoms in total. The number of ether oxygens (including phenoxy) is 1. The molecule has 0 aromatic heterocycles. The van der Waals surface area contributed by atoms with Gasteiger partial charge < -0.3 is 15.4 Å². The quantitative estimate of drug-likeness (QED) is 0.871. The number of hydrogen-bond acceptors (Lipinski definition) is 3. The normalized spacial score (nSPS) is 18.1. The second-order valence-electron chi connectivity index (χ2n) is 4.55. The largest absolute Gasteiger partial charge is 0.496 e. The molecule has 1 atom stereocenters. The molecule has 1 aromatic carbocycles. The van der Waals surface area contributed by atoms with Gasteiger partial charge in [-0.2, -0.15) is 0 Å². The molecule has 20 heavy (non-hydrogen) atoms. The van der Waals surface area contributed by atoms with Crippen molar-refractivity contribution in [2.45, 2.75) is 12.5 Å². The standard InChI is InChI=1S/C14H17ClN2O2.ClH/c1-19-13-4-3-11(15)8-10(13)2-5-14(18)17-7-6-12(16)9-17;/h2-5,8,12H,6-7,9,16H2,1H3;1H/b5-2+;. The first-order chi connectivity index (χ1) is 9.10. The van der Waals surface area contributed by atoms with Gasteiger partial charge in [0.15, 0.2) is 0 Å². The van der Waals surface area contributed by atoms with Crippen LogP contribution in [0, 0.1) is 0 Å². The van der Waals surface area contributed by atoms with E-state index in [2.05, 4.69) is 0 Å². The fraction of sp³-hybridized carbons (Fsp3) is 0.357. The van der Waals surface area contributed by atoms with E-state index >= 15 is 0 Å². The van der Waals surface area contributed by atoms with Gasteiger partial charge in [0.2, 0.25) is 5.91 Å². The summed E-state index contributed by atoms with van der Waals surface area (Å²) in [5, 5.41) is 0.607. The summed E-state index contributed by atoms with van der Waals surface area (Å²) in [6.07, 6.45) is 4.11. The Morgan fingerprint density at radius 1 is 1.55 bits per heavy atom. The molecule has 0 aliphatic carbocycles. The van der Waals surface area contributed by atoms with Gasteiger partial charge in [-0.25, -0.2) is 0 Å². The summed E-state index contributed by atoms with van der Waals surface area (Å²) in [5.74, 6) is 0.654. The molecule has 1 heterocycles. The lowest BCUT2D eigenvalue weighted by Crippen LogP contribution is -2.30. The minimum absolute atomic E-state index is 0. The summed E-state index contributed by atoms with van der Waals surface area (Å²) in [6.45, 7) is 1.34. The topological polar surface area (TPSA) is 55.6 Å². The van der Waals surface area contributed by atoms with Crippen molar-refractivity contribution in [2.75, 3.05) is 20.2 Å². The fourth-order valence-electron chi connectivity index (χ4n) is 2.09. The molecular formula is C14H18Cl2N2O2. The van der Waals surface area contributed by atoms with Crippen molar-refractivity contribution in [3.8, 4) is 5.75 Å². The van der Waals surface area contributed by atoms with E-state index in [0.29, 0.717) is 17.3 Å². The Morgan fingerprint density at radius 2 is 2.30 bits per heavy atom. The predicted octanol–water partition coefficient (Wildman–Crippen LogP) is 2.34. The van der Waals surface area contributed by atoms with Crippen LogP contribution < -0.4 is 10.5 Å². The lowest BCUT2D eigenvalue weighted by molar-refractivity contribution is -0.124. The van der Waals surface area contributed by atoms with Gasteiger partial charge in [0.05, 0.1) is 7.11 Å². The molecule has 1 unspecified atom stereocenters. The SMILES string of the molecule is COc1ccc(Cl)cc1/C=C/C(=O)N1CCC(N)C1.Cl. The third-order valence-electron chi connectivity index (χ3n) is 3.13. The molecule has 0 saturated carbocycles. The maximum Gasteiger partial charge on any atom is 0.246 e. The van der Waals surface area contributed by atoms with Crippen molar-refractivity contribution in [1.82, 2.24) is 4.90 Å². The molecule has 1 fully saturated rings. The molecule has 0 radical (unpaired) electrons. The smallest absolute Gasteiger partial charge is 0.246 e. The average Bonchev–Trinajstić information content (AvgIpc) is 2.83. The number of hydrogen-bond donors (Lipinski definition) is 1. The van der Waals surface area contributed by atoms with Crippen LogP contribution in [-0.4, -0.2) is 37.0 Å². The highest BCUT2D eigenvalue weighted by Gasteiger charge is 2.21. The molecule has 2 rings (SSSR count). The Bertz CT molecular complexity index is 506. The summed E-state index contributed by atoms with van der Waals surface area (Å²) in [7, 11) is 1.59. The van der Waals surface area contributed by atoms with E-state index in [0.717, 1.165) is 18.5 Å². The third kappa shape index (κ3) is 4.13. The van der Waals surface area contributed by atoms with E-state index in [1.54, 1.807) is 36.3 Å². The molecule has 1 saturated heterocycles. The first-order valence-electron chi connectivity index (χ1n) is 6.16. The maximum atomic E-state index is 12.0. The second kappa shape index (κ2) is 7.53. The Hall–Kier alpha value is -1.23. The fourth-order valence-corrected chi connectivity index (χ4v) is 2.27. The summed E-state index contributed by atoms with van der Waals surface area (Å²) in [4.78, 5) is 13.7. The van der Waals surface area contributed by atoms with Crippen molar-refractivity contribution < 1.29 is 9.53 Å². The Balaban J connectivity index is 0.00000200. The molecule has 0 spiro atoms. The second-order valence-corrected chi connectivity index (χ2v) is 4.99. The van der Waals surface area contributed by atoms with E-state index in [1.165, 1.54) is 6.08 Å². The molecular weight excluding hydrogens is 299 g/mol. The minimum atomic E-state index is -0.0324. The van der Waals surface area contributed by atoms with Gasteiger partial charge in [-0.1, -0.05) is 11.6 Å². The van der Waals surface area contributed by atoms with Crippen LogP contribution in [0.4, 0.5) is 0 Å². The number of carbonyl (C=O) groups is 1. The van der Waals surface area contributed by atoms with Gasteiger partial charge >= 0.3 is 0 Å². The lowest BCUT2D eigenvalue weighted by Gasteiger charge is -2.12. The van der Waals surface area contributed by atoms with E-state index in [1.807, 2.05) is 0 Å². The highest BCUT2D eigenvalue weighted by Crippen LogP contribution is 2.24. The molecule has 1 amide bonds. The van der Waals surface area contributed by atoms with E-state index in [-0.39, 0.29) is 24.4 Å². The van der Waals surface area contributed by atoms with Gasteiger partial charge in [0.1, 0.15) is 5.75 Å². The van der Waals surface area contributed by atoms with Crippen molar-refractivity contribution in [3.63, 3.8) is 0 Å². The zero-order valence-corrected chi connectivity index (χ0v) is 12.8. The van der Waals surface area contributed by atoms with Gasteiger partial charge in [-0.15, -0.1) is 12.4 Å². The lowest BCUT2D eigenvalue weighted by atomic mass is 10.2.